The van der Waals surface area contributed by atoms with Crippen molar-refractivity contribution in [3.05, 3.63) is 57.5 Å². The molecule has 1 aromatic heterocycles. The van der Waals surface area contributed by atoms with Crippen LogP contribution in [0.25, 0.3) is 0 Å². The van der Waals surface area contributed by atoms with Crippen LogP contribution in [0, 0.1) is 6.92 Å². The van der Waals surface area contributed by atoms with Gasteiger partial charge >= 0.3 is 0 Å². The van der Waals surface area contributed by atoms with Gasteiger partial charge in [0.15, 0.2) is 0 Å². The molecule has 90 valence electrons. The number of hydrogen-bond acceptors (Lipinski definition) is 2. The molecule has 17 heavy (non-hydrogen) atoms. The molecule has 1 heterocycles. The Morgan fingerprint density at radius 2 is 2.24 bits per heavy atom. The predicted octanol–water partition coefficient (Wildman–Crippen LogP) is 1.07. The first kappa shape index (κ1) is 11.7. The third-order valence-corrected chi connectivity index (χ3v) is 2.72. The highest BCUT2D eigenvalue weighted by Crippen LogP contribution is 2.05. The average molecular weight is 232 g/mol. The molecule has 0 fully saturated rings. The van der Waals surface area contributed by atoms with Crippen LogP contribution in [0.5, 0.6) is 0 Å². The van der Waals surface area contributed by atoms with Crippen LogP contribution in [0.4, 0.5) is 0 Å². The minimum Gasteiger partial charge on any atom is -0.396 e. The number of hydrogen-bond donors (Lipinski definition) is 2. The zero-order chi connectivity index (χ0) is 12.3. The van der Waals surface area contributed by atoms with E-state index in [0.717, 1.165) is 5.56 Å². The lowest BCUT2D eigenvalue weighted by Crippen LogP contribution is -2.20. The molecule has 4 nitrogen and oxygen atoms in total. The van der Waals surface area contributed by atoms with Crippen molar-refractivity contribution in [3.63, 3.8) is 0 Å². The molecule has 0 radical (unpaired) electrons. The Labute approximate surface area is 99.5 Å². The van der Waals surface area contributed by atoms with E-state index in [1.54, 1.807) is 10.9 Å². The van der Waals surface area contributed by atoms with Crippen LogP contribution < -0.4 is 5.56 Å². The number of nitrogens with one attached hydrogen (secondary N) is 1. The molecular formula is C13H16N2O2. The van der Waals surface area contributed by atoms with Crippen molar-refractivity contribution in [2.45, 2.75) is 19.9 Å². The van der Waals surface area contributed by atoms with E-state index in [4.69, 9.17) is 5.11 Å². The lowest BCUT2D eigenvalue weighted by molar-refractivity contribution is 0.299. The molecule has 0 atom stereocenters. The van der Waals surface area contributed by atoms with Crippen LogP contribution in [-0.2, 0) is 13.0 Å². The standard InChI is InChI=1S/C13H16N2O2/c1-10-3-2-4-11(7-10)9-15-13(17)12(5-6-16)8-14-15/h2-4,7-8,14,16H,5-6,9H2,1H3. The SMILES string of the molecule is Cc1cccc(Cn2[nH]cc(CCO)c2=O)c1. The summed E-state index contributed by atoms with van der Waals surface area (Å²) in [6.45, 7) is 2.56. The summed E-state index contributed by atoms with van der Waals surface area (Å²) in [5.74, 6) is 0. The van der Waals surface area contributed by atoms with Crippen LogP contribution >= 0.6 is 0 Å². The third-order valence-electron chi connectivity index (χ3n) is 2.72. The van der Waals surface area contributed by atoms with E-state index in [0.29, 0.717) is 18.5 Å². The van der Waals surface area contributed by atoms with Gasteiger partial charge in [-0.15, -0.1) is 0 Å². The first-order valence-electron chi connectivity index (χ1n) is 5.64. The number of aromatic amines is 1. The third kappa shape index (κ3) is 2.65. The topological polar surface area (TPSA) is 58.0 Å². The van der Waals surface area contributed by atoms with Crippen molar-refractivity contribution in [3.8, 4) is 0 Å². The molecule has 4 heteroatoms. The van der Waals surface area contributed by atoms with Gasteiger partial charge < -0.3 is 10.2 Å². The maximum Gasteiger partial charge on any atom is 0.270 e. The summed E-state index contributed by atoms with van der Waals surface area (Å²) in [6.07, 6.45) is 2.06. The molecule has 0 saturated heterocycles. The second-order valence-corrected chi connectivity index (χ2v) is 4.15. The summed E-state index contributed by atoms with van der Waals surface area (Å²) in [5, 5.41) is 11.7. The summed E-state index contributed by atoms with van der Waals surface area (Å²) in [4.78, 5) is 11.9. The van der Waals surface area contributed by atoms with Crippen molar-refractivity contribution in [2.75, 3.05) is 6.61 Å². The highest BCUT2D eigenvalue weighted by atomic mass is 16.3. The minimum atomic E-state index is -0.0550. The number of nitrogens with zero attached hydrogens (tertiary/aromatic N) is 1. The maximum atomic E-state index is 11.9. The first-order valence-corrected chi connectivity index (χ1v) is 5.64. The van der Waals surface area contributed by atoms with Gasteiger partial charge in [0, 0.05) is 24.8 Å². The molecule has 0 amide bonds. The van der Waals surface area contributed by atoms with Crippen molar-refractivity contribution in [1.82, 2.24) is 9.78 Å². The van der Waals surface area contributed by atoms with Gasteiger partial charge in [-0.3, -0.25) is 4.79 Å². The molecule has 0 aliphatic heterocycles. The van der Waals surface area contributed by atoms with Crippen molar-refractivity contribution >= 4 is 0 Å². The Bertz CT molecular complexity index is 555. The summed E-state index contributed by atoms with van der Waals surface area (Å²) in [6, 6.07) is 8.05. The fraction of sp³-hybridized carbons (Fsp3) is 0.308. The Kier molecular flexibility index (Phi) is 3.44. The molecule has 0 spiro atoms. The second-order valence-electron chi connectivity index (χ2n) is 4.15. The number of aryl methyl sites for hydroxylation is 1. The quantitative estimate of drug-likeness (QED) is 0.828. The Hall–Kier alpha value is -1.81. The summed E-state index contributed by atoms with van der Waals surface area (Å²) in [5.41, 5.74) is 2.84. The van der Waals surface area contributed by atoms with Crippen molar-refractivity contribution in [1.29, 1.82) is 0 Å². The molecule has 0 unspecified atom stereocenters. The highest BCUT2D eigenvalue weighted by molar-refractivity contribution is 5.22. The molecule has 2 aromatic rings. The molecule has 1 aromatic carbocycles. The fourth-order valence-electron chi connectivity index (χ4n) is 1.86. The van der Waals surface area contributed by atoms with E-state index >= 15 is 0 Å². The highest BCUT2D eigenvalue weighted by Gasteiger charge is 2.05. The number of aliphatic hydroxyl groups excluding tert-OH is 1. The van der Waals surface area contributed by atoms with E-state index in [1.165, 1.54) is 5.56 Å². The van der Waals surface area contributed by atoms with E-state index < -0.39 is 0 Å². The van der Waals surface area contributed by atoms with Gasteiger partial charge in [0.25, 0.3) is 5.56 Å². The predicted molar refractivity (Wildman–Crippen MR) is 66.1 cm³/mol. The molecule has 0 aliphatic carbocycles. The van der Waals surface area contributed by atoms with Crippen LogP contribution in [0.15, 0.2) is 35.3 Å². The van der Waals surface area contributed by atoms with E-state index in [1.807, 2.05) is 25.1 Å². The molecule has 0 bridgehead atoms. The zero-order valence-corrected chi connectivity index (χ0v) is 9.81. The monoisotopic (exact) mass is 232 g/mol. The molecule has 0 aliphatic rings. The normalized spacial score (nSPS) is 10.7. The van der Waals surface area contributed by atoms with Gasteiger partial charge in [0.1, 0.15) is 0 Å². The number of H-pyrrole nitrogens is 1. The van der Waals surface area contributed by atoms with E-state index in [-0.39, 0.29) is 12.2 Å². The fourth-order valence-corrected chi connectivity index (χ4v) is 1.86. The van der Waals surface area contributed by atoms with Gasteiger partial charge in [-0.05, 0) is 12.5 Å². The molecular weight excluding hydrogens is 216 g/mol. The van der Waals surface area contributed by atoms with Crippen molar-refractivity contribution in [2.24, 2.45) is 0 Å². The minimum absolute atomic E-state index is 0.00244. The van der Waals surface area contributed by atoms with Crippen LogP contribution in [0.1, 0.15) is 16.7 Å². The number of aromatic nitrogens is 2. The lowest BCUT2D eigenvalue weighted by Gasteiger charge is -2.02. The largest absolute Gasteiger partial charge is 0.396 e. The number of benzene rings is 1. The smallest absolute Gasteiger partial charge is 0.270 e. The lowest BCUT2D eigenvalue weighted by atomic mass is 10.1. The van der Waals surface area contributed by atoms with Crippen molar-refractivity contribution < 1.29 is 5.11 Å². The van der Waals surface area contributed by atoms with Gasteiger partial charge in [-0.2, -0.15) is 0 Å². The van der Waals surface area contributed by atoms with Crippen LogP contribution in [0.3, 0.4) is 0 Å². The molecule has 2 N–H and O–H groups in total. The Morgan fingerprint density at radius 1 is 1.41 bits per heavy atom. The van der Waals surface area contributed by atoms with E-state index in [9.17, 15) is 4.79 Å². The van der Waals surface area contributed by atoms with Gasteiger partial charge in [-0.25, -0.2) is 4.68 Å². The first-order chi connectivity index (χ1) is 8.20. The van der Waals surface area contributed by atoms with Gasteiger partial charge in [0.2, 0.25) is 0 Å². The van der Waals surface area contributed by atoms with Gasteiger partial charge in [0.05, 0.1) is 6.54 Å². The van der Waals surface area contributed by atoms with Crippen LogP contribution in [-0.4, -0.2) is 21.5 Å². The average Bonchev–Trinajstić information content (AvgIpc) is 2.62. The summed E-state index contributed by atoms with van der Waals surface area (Å²) < 4.78 is 1.56. The summed E-state index contributed by atoms with van der Waals surface area (Å²) in [7, 11) is 0. The number of rotatable bonds is 4. The Balaban J connectivity index is 2.22. The van der Waals surface area contributed by atoms with Gasteiger partial charge in [-0.1, -0.05) is 29.8 Å². The zero-order valence-electron chi connectivity index (χ0n) is 9.81. The maximum absolute atomic E-state index is 11.9. The molecule has 2 rings (SSSR count). The second kappa shape index (κ2) is 5.01. The number of aliphatic hydroxyl groups is 1. The Morgan fingerprint density at radius 3 is 2.94 bits per heavy atom. The summed E-state index contributed by atoms with van der Waals surface area (Å²) >= 11 is 0. The van der Waals surface area contributed by atoms with Crippen LogP contribution in [0.2, 0.25) is 0 Å². The molecule has 0 saturated carbocycles. The van der Waals surface area contributed by atoms with E-state index in [2.05, 4.69) is 11.2 Å².